The van der Waals surface area contributed by atoms with Crippen LogP contribution in [0.2, 0.25) is 0 Å². The molecule has 0 fully saturated rings. The first-order chi connectivity index (χ1) is 10.5. The molecule has 0 aliphatic carbocycles. The van der Waals surface area contributed by atoms with E-state index >= 15 is 0 Å². The maximum absolute atomic E-state index is 12.3. The smallest absolute Gasteiger partial charge is 0.272 e. The summed E-state index contributed by atoms with van der Waals surface area (Å²) in [5.41, 5.74) is 2.39. The lowest BCUT2D eigenvalue weighted by atomic mass is 10.2. The zero-order chi connectivity index (χ0) is 16.1. The zero-order valence-electron chi connectivity index (χ0n) is 12.9. The standard InChI is InChI=1S/C16H19BrN4O/c1-4-21(5-2)15(22)14-8-9-18-16(20-14)19-12-6-7-13(17)11(3)10-12/h6-10H,4-5H2,1-3H3,(H,18,19,20). The van der Waals surface area contributed by atoms with Crippen LogP contribution in [-0.4, -0.2) is 33.9 Å². The highest BCUT2D eigenvalue weighted by atomic mass is 79.9. The highest BCUT2D eigenvalue weighted by Gasteiger charge is 2.14. The molecule has 1 aromatic heterocycles. The first-order valence-electron chi connectivity index (χ1n) is 7.20. The quantitative estimate of drug-likeness (QED) is 0.879. The van der Waals surface area contributed by atoms with Gasteiger partial charge < -0.3 is 10.2 Å². The fourth-order valence-corrected chi connectivity index (χ4v) is 2.31. The summed E-state index contributed by atoms with van der Waals surface area (Å²) in [5.74, 6) is 0.335. The Morgan fingerprint density at radius 1 is 1.27 bits per heavy atom. The number of rotatable bonds is 5. The first kappa shape index (κ1) is 16.4. The zero-order valence-corrected chi connectivity index (χ0v) is 14.5. The van der Waals surface area contributed by atoms with E-state index in [9.17, 15) is 4.79 Å². The molecule has 0 spiro atoms. The van der Waals surface area contributed by atoms with Gasteiger partial charge in [-0.25, -0.2) is 9.97 Å². The average Bonchev–Trinajstić information content (AvgIpc) is 2.52. The molecular formula is C16H19BrN4O. The van der Waals surface area contributed by atoms with Gasteiger partial charge in [0.25, 0.3) is 5.91 Å². The minimum absolute atomic E-state index is 0.0811. The normalized spacial score (nSPS) is 10.4. The van der Waals surface area contributed by atoms with Crippen LogP contribution in [0.15, 0.2) is 34.9 Å². The highest BCUT2D eigenvalue weighted by Crippen LogP contribution is 2.21. The molecular weight excluding hydrogens is 344 g/mol. The van der Waals surface area contributed by atoms with E-state index in [1.807, 2.05) is 39.0 Å². The SMILES string of the molecule is CCN(CC)C(=O)c1ccnc(Nc2ccc(Br)c(C)c2)n1. The molecule has 0 radical (unpaired) electrons. The molecule has 116 valence electrons. The fourth-order valence-electron chi connectivity index (χ4n) is 2.06. The summed E-state index contributed by atoms with van der Waals surface area (Å²) < 4.78 is 1.05. The molecule has 0 atom stereocenters. The monoisotopic (exact) mass is 362 g/mol. The Bertz CT molecular complexity index is 671. The van der Waals surface area contributed by atoms with E-state index in [0.29, 0.717) is 24.7 Å². The van der Waals surface area contributed by atoms with Crippen LogP contribution in [0.3, 0.4) is 0 Å². The Balaban J connectivity index is 2.21. The van der Waals surface area contributed by atoms with Gasteiger partial charge in [0.15, 0.2) is 0 Å². The van der Waals surface area contributed by atoms with Gasteiger partial charge in [0, 0.05) is 29.4 Å². The van der Waals surface area contributed by atoms with Crippen LogP contribution in [0, 0.1) is 6.92 Å². The molecule has 2 aromatic rings. The Hall–Kier alpha value is -1.95. The van der Waals surface area contributed by atoms with Crippen LogP contribution >= 0.6 is 15.9 Å². The lowest BCUT2D eigenvalue weighted by Gasteiger charge is -2.18. The van der Waals surface area contributed by atoms with E-state index in [1.54, 1.807) is 17.2 Å². The molecule has 6 heteroatoms. The topological polar surface area (TPSA) is 58.1 Å². The van der Waals surface area contributed by atoms with Gasteiger partial charge in [0.1, 0.15) is 5.69 Å². The van der Waals surface area contributed by atoms with Crippen molar-refractivity contribution in [2.24, 2.45) is 0 Å². The molecule has 0 saturated carbocycles. The van der Waals surface area contributed by atoms with Gasteiger partial charge in [-0.05, 0) is 50.6 Å². The van der Waals surface area contributed by atoms with Gasteiger partial charge in [0.2, 0.25) is 5.95 Å². The Kier molecular flexibility index (Phi) is 5.49. The fraction of sp³-hybridized carbons (Fsp3) is 0.312. The molecule has 1 N–H and O–H groups in total. The number of nitrogens with zero attached hydrogens (tertiary/aromatic N) is 3. The minimum atomic E-state index is -0.0811. The lowest BCUT2D eigenvalue weighted by Crippen LogP contribution is -2.31. The molecule has 0 aliphatic heterocycles. The van der Waals surface area contributed by atoms with E-state index < -0.39 is 0 Å². The third-order valence-corrected chi connectivity index (χ3v) is 4.23. The van der Waals surface area contributed by atoms with Crippen molar-refractivity contribution >= 4 is 33.5 Å². The maximum Gasteiger partial charge on any atom is 0.272 e. The van der Waals surface area contributed by atoms with Gasteiger partial charge in [-0.2, -0.15) is 0 Å². The molecule has 0 unspecified atom stereocenters. The number of halogens is 1. The molecule has 2 rings (SSSR count). The van der Waals surface area contributed by atoms with E-state index in [2.05, 4.69) is 31.2 Å². The summed E-state index contributed by atoms with van der Waals surface area (Å²) in [6.45, 7) is 7.23. The molecule has 1 aromatic carbocycles. The van der Waals surface area contributed by atoms with Crippen molar-refractivity contribution in [1.82, 2.24) is 14.9 Å². The van der Waals surface area contributed by atoms with Crippen molar-refractivity contribution in [3.05, 3.63) is 46.2 Å². The predicted octanol–water partition coefficient (Wildman–Crippen LogP) is 3.77. The number of amides is 1. The molecule has 0 saturated heterocycles. The highest BCUT2D eigenvalue weighted by molar-refractivity contribution is 9.10. The minimum Gasteiger partial charge on any atom is -0.338 e. The molecule has 5 nitrogen and oxygen atoms in total. The average molecular weight is 363 g/mol. The molecule has 1 heterocycles. The van der Waals surface area contributed by atoms with E-state index in [-0.39, 0.29) is 5.91 Å². The van der Waals surface area contributed by atoms with Crippen molar-refractivity contribution in [3.8, 4) is 0 Å². The predicted molar refractivity (Wildman–Crippen MR) is 91.4 cm³/mol. The van der Waals surface area contributed by atoms with Crippen LogP contribution in [0.1, 0.15) is 29.9 Å². The van der Waals surface area contributed by atoms with Gasteiger partial charge in [0.05, 0.1) is 0 Å². The number of nitrogens with one attached hydrogen (secondary N) is 1. The third kappa shape index (κ3) is 3.82. The van der Waals surface area contributed by atoms with Crippen LogP contribution in [-0.2, 0) is 0 Å². The number of benzene rings is 1. The summed E-state index contributed by atoms with van der Waals surface area (Å²) in [7, 11) is 0. The van der Waals surface area contributed by atoms with Crippen LogP contribution in [0.25, 0.3) is 0 Å². The van der Waals surface area contributed by atoms with Crippen LogP contribution in [0.4, 0.5) is 11.6 Å². The maximum atomic E-state index is 12.3. The largest absolute Gasteiger partial charge is 0.338 e. The first-order valence-corrected chi connectivity index (χ1v) is 8.00. The summed E-state index contributed by atoms with van der Waals surface area (Å²) in [4.78, 5) is 22.5. The number of hydrogen-bond donors (Lipinski definition) is 1. The summed E-state index contributed by atoms with van der Waals surface area (Å²) >= 11 is 3.47. The molecule has 0 bridgehead atoms. The Morgan fingerprint density at radius 3 is 2.64 bits per heavy atom. The van der Waals surface area contributed by atoms with E-state index in [1.165, 1.54) is 0 Å². The summed E-state index contributed by atoms with van der Waals surface area (Å²) in [6.07, 6.45) is 1.60. The number of carbonyl (C=O) groups excluding carboxylic acids is 1. The van der Waals surface area contributed by atoms with Gasteiger partial charge >= 0.3 is 0 Å². The van der Waals surface area contributed by atoms with Gasteiger partial charge in [-0.1, -0.05) is 15.9 Å². The van der Waals surface area contributed by atoms with Crippen molar-refractivity contribution in [3.63, 3.8) is 0 Å². The van der Waals surface area contributed by atoms with Gasteiger partial charge in [-0.15, -0.1) is 0 Å². The van der Waals surface area contributed by atoms with Crippen molar-refractivity contribution in [1.29, 1.82) is 0 Å². The molecule has 22 heavy (non-hydrogen) atoms. The number of hydrogen-bond acceptors (Lipinski definition) is 4. The number of anilines is 2. The molecule has 1 amide bonds. The van der Waals surface area contributed by atoms with Crippen molar-refractivity contribution in [2.75, 3.05) is 18.4 Å². The van der Waals surface area contributed by atoms with Crippen molar-refractivity contribution in [2.45, 2.75) is 20.8 Å². The second kappa shape index (κ2) is 7.35. The second-order valence-corrected chi connectivity index (χ2v) is 5.69. The lowest BCUT2D eigenvalue weighted by molar-refractivity contribution is 0.0767. The summed E-state index contributed by atoms with van der Waals surface area (Å²) in [5, 5.41) is 3.13. The van der Waals surface area contributed by atoms with Gasteiger partial charge in [-0.3, -0.25) is 4.79 Å². The number of aromatic nitrogens is 2. The van der Waals surface area contributed by atoms with E-state index in [0.717, 1.165) is 15.7 Å². The Labute approximate surface area is 138 Å². The number of carbonyl (C=O) groups is 1. The van der Waals surface area contributed by atoms with Crippen molar-refractivity contribution < 1.29 is 4.79 Å². The summed E-state index contributed by atoms with van der Waals surface area (Å²) in [6, 6.07) is 7.52. The second-order valence-electron chi connectivity index (χ2n) is 4.83. The van der Waals surface area contributed by atoms with Crippen LogP contribution < -0.4 is 5.32 Å². The van der Waals surface area contributed by atoms with Crippen LogP contribution in [0.5, 0.6) is 0 Å². The van der Waals surface area contributed by atoms with E-state index in [4.69, 9.17) is 0 Å². The molecule has 0 aliphatic rings. The number of aryl methyl sites for hydroxylation is 1. The Morgan fingerprint density at radius 2 is 2.00 bits per heavy atom. The third-order valence-electron chi connectivity index (χ3n) is 3.34.